The van der Waals surface area contributed by atoms with Crippen LogP contribution in [0.4, 0.5) is 0 Å². The van der Waals surface area contributed by atoms with E-state index in [1.807, 2.05) is 18.7 Å². The van der Waals surface area contributed by atoms with Crippen LogP contribution in [0.25, 0.3) is 0 Å². The quantitative estimate of drug-likeness (QED) is 0.880. The monoisotopic (exact) mass is 257 g/mol. The van der Waals surface area contributed by atoms with Crippen LogP contribution < -0.4 is 5.32 Å². The summed E-state index contributed by atoms with van der Waals surface area (Å²) in [6, 6.07) is 0.728. The minimum Gasteiger partial charge on any atom is -0.314 e. The Morgan fingerprint density at radius 3 is 3.06 bits per heavy atom. The lowest BCUT2D eigenvalue weighted by molar-refractivity contribution is 0.524. The maximum atomic E-state index is 4.41. The van der Waals surface area contributed by atoms with E-state index in [4.69, 9.17) is 0 Å². The molecule has 0 saturated heterocycles. The van der Waals surface area contributed by atoms with Gasteiger partial charge in [-0.25, -0.2) is 4.98 Å². The Bertz CT molecular complexity index is 327. The Morgan fingerprint density at radius 1 is 1.50 bits per heavy atom. The zero-order chi connectivity index (χ0) is 11.4. The van der Waals surface area contributed by atoms with E-state index in [0.717, 1.165) is 28.0 Å². The Balaban J connectivity index is 1.76. The number of nitrogens with one attached hydrogen (secondary N) is 1. The van der Waals surface area contributed by atoms with E-state index >= 15 is 0 Å². The second-order valence-electron chi connectivity index (χ2n) is 4.31. The lowest BCUT2D eigenvalue weighted by Crippen LogP contribution is -2.27. The van der Waals surface area contributed by atoms with Crippen LogP contribution in [0, 0.1) is 6.92 Å². The molecule has 1 saturated carbocycles. The Kier molecular flexibility index (Phi) is 4.61. The molecule has 1 aliphatic carbocycles. The molecule has 0 radical (unpaired) electrons. The normalized spacial score (nSPS) is 25.1. The number of hydrogen-bond donors (Lipinski definition) is 1. The van der Waals surface area contributed by atoms with Crippen LogP contribution in [0.3, 0.4) is 0 Å². The van der Waals surface area contributed by atoms with Crippen molar-refractivity contribution in [3.05, 3.63) is 5.82 Å². The van der Waals surface area contributed by atoms with Gasteiger partial charge in [-0.2, -0.15) is 4.37 Å². The van der Waals surface area contributed by atoms with Gasteiger partial charge in [0.05, 0.1) is 0 Å². The van der Waals surface area contributed by atoms with Crippen LogP contribution in [-0.4, -0.2) is 27.2 Å². The molecule has 2 unspecified atom stereocenters. The summed E-state index contributed by atoms with van der Waals surface area (Å²) in [5.41, 5.74) is 0. The van der Waals surface area contributed by atoms with Crippen LogP contribution in [0.2, 0.25) is 0 Å². The van der Waals surface area contributed by atoms with Gasteiger partial charge in [0.15, 0.2) is 4.34 Å². The molecule has 1 aromatic rings. The summed E-state index contributed by atoms with van der Waals surface area (Å²) in [5.74, 6) is 0.908. The fraction of sp³-hybridized carbons (Fsp3) is 0.818. The molecule has 5 heteroatoms. The van der Waals surface area contributed by atoms with Gasteiger partial charge in [0.2, 0.25) is 0 Å². The second kappa shape index (κ2) is 5.98. The number of aromatic nitrogens is 2. The van der Waals surface area contributed by atoms with Crippen LogP contribution in [0.1, 0.15) is 38.4 Å². The number of rotatable bonds is 5. The lowest BCUT2D eigenvalue weighted by Gasteiger charge is -2.11. The molecule has 0 aliphatic heterocycles. The smallest absolute Gasteiger partial charge is 0.170 e. The van der Waals surface area contributed by atoms with E-state index in [1.165, 1.54) is 37.2 Å². The van der Waals surface area contributed by atoms with Crippen LogP contribution in [-0.2, 0) is 0 Å². The van der Waals surface area contributed by atoms with Gasteiger partial charge >= 0.3 is 0 Å². The van der Waals surface area contributed by atoms with Crippen molar-refractivity contribution < 1.29 is 0 Å². The molecule has 0 spiro atoms. The predicted molar refractivity (Wildman–Crippen MR) is 70.2 cm³/mol. The van der Waals surface area contributed by atoms with E-state index in [1.54, 1.807) is 0 Å². The third-order valence-electron chi connectivity index (χ3n) is 2.84. The van der Waals surface area contributed by atoms with Crippen LogP contribution >= 0.6 is 23.3 Å². The fourth-order valence-electron chi connectivity index (χ4n) is 2.05. The SMILES string of the molecule is CCCNC1CCC(Sc2nc(C)ns2)C1. The van der Waals surface area contributed by atoms with Crippen molar-refractivity contribution in [2.75, 3.05) is 6.54 Å². The van der Waals surface area contributed by atoms with E-state index in [-0.39, 0.29) is 0 Å². The van der Waals surface area contributed by atoms with Gasteiger partial charge in [-0.1, -0.05) is 18.7 Å². The molecule has 1 aromatic heterocycles. The van der Waals surface area contributed by atoms with Gasteiger partial charge < -0.3 is 5.32 Å². The maximum absolute atomic E-state index is 4.41. The van der Waals surface area contributed by atoms with Crippen molar-refractivity contribution in [3.8, 4) is 0 Å². The highest BCUT2D eigenvalue weighted by Gasteiger charge is 2.25. The molecule has 2 rings (SSSR count). The Hall–Kier alpha value is -0.130. The highest BCUT2D eigenvalue weighted by molar-refractivity contribution is 8.01. The van der Waals surface area contributed by atoms with Crippen molar-refractivity contribution in [3.63, 3.8) is 0 Å². The Labute approximate surface area is 106 Å². The van der Waals surface area contributed by atoms with Crippen molar-refractivity contribution in [2.45, 2.75) is 55.2 Å². The zero-order valence-electron chi connectivity index (χ0n) is 9.90. The molecule has 0 aromatic carbocycles. The third-order valence-corrected chi connectivity index (χ3v) is 5.01. The highest BCUT2D eigenvalue weighted by Crippen LogP contribution is 2.35. The first kappa shape index (κ1) is 12.3. The lowest BCUT2D eigenvalue weighted by atomic mass is 10.2. The molecule has 1 aliphatic rings. The average Bonchev–Trinajstić information content (AvgIpc) is 2.86. The molecule has 90 valence electrons. The number of thioether (sulfide) groups is 1. The molecular weight excluding hydrogens is 238 g/mol. The summed E-state index contributed by atoms with van der Waals surface area (Å²) < 4.78 is 5.36. The second-order valence-corrected chi connectivity index (χ2v) is 6.61. The molecular formula is C11H19N3S2. The summed E-state index contributed by atoms with van der Waals surface area (Å²) in [4.78, 5) is 4.41. The van der Waals surface area contributed by atoms with Crippen LogP contribution in [0.5, 0.6) is 0 Å². The van der Waals surface area contributed by atoms with Gasteiger partial charge in [-0.3, -0.25) is 0 Å². The molecule has 1 N–H and O–H groups in total. The largest absolute Gasteiger partial charge is 0.314 e. The number of aryl methyl sites for hydroxylation is 1. The minimum absolute atomic E-state index is 0.728. The minimum atomic E-state index is 0.728. The van der Waals surface area contributed by atoms with Crippen molar-refractivity contribution >= 4 is 23.3 Å². The first-order chi connectivity index (χ1) is 7.78. The van der Waals surface area contributed by atoms with Crippen molar-refractivity contribution in [1.82, 2.24) is 14.7 Å². The molecule has 0 amide bonds. The topological polar surface area (TPSA) is 37.8 Å². The molecule has 1 fully saturated rings. The third kappa shape index (κ3) is 3.43. The zero-order valence-corrected chi connectivity index (χ0v) is 11.5. The van der Waals surface area contributed by atoms with E-state index in [9.17, 15) is 0 Å². The standard InChI is InChI=1S/C11H19N3S2/c1-3-6-12-9-4-5-10(7-9)15-11-13-8(2)14-16-11/h9-10,12H,3-7H2,1-2H3. The summed E-state index contributed by atoms with van der Waals surface area (Å²) in [6.07, 6.45) is 5.13. The van der Waals surface area contributed by atoms with E-state index < -0.39 is 0 Å². The van der Waals surface area contributed by atoms with Gasteiger partial charge in [-0.05, 0) is 50.7 Å². The van der Waals surface area contributed by atoms with Crippen molar-refractivity contribution in [1.29, 1.82) is 0 Å². The average molecular weight is 257 g/mol. The van der Waals surface area contributed by atoms with Gasteiger partial charge in [0.1, 0.15) is 5.82 Å². The van der Waals surface area contributed by atoms with Gasteiger partial charge in [0.25, 0.3) is 0 Å². The first-order valence-corrected chi connectivity index (χ1v) is 7.63. The summed E-state index contributed by atoms with van der Waals surface area (Å²) in [5, 5.41) is 4.34. The molecule has 2 atom stereocenters. The number of hydrogen-bond acceptors (Lipinski definition) is 5. The molecule has 3 nitrogen and oxygen atoms in total. The molecule has 1 heterocycles. The van der Waals surface area contributed by atoms with Gasteiger partial charge in [0, 0.05) is 11.3 Å². The fourth-order valence-corrected chi connectivity index (χ4v) is 4.22. The molecule has 16 heavy (non-hydrogen) atoms. The summed E-state index contributed by atoms with van der Waals surface area (Å²) in [6.45, 7) is 5.33. The number of nitrogens with zero attached hydrogens (tertiary/aromatic N) is 2. The Morgan fingerprint density at radius 2 is 2.38 bits per heavy atom. The maximum Gasteiger partial charge on any atom is 0.170 e. The summed E-state index contributed by atoms with van der Waals surface area (Å²) >= 11 is 3.45. The first-order valence-electron chi connectivity index (χ1n) is 5.98. The van der Waals surface area contributed by atoms with Crippen molar-refractivity contribution in [2.24, 2.45) is 0 Å². The van der Waals surface area contributed by atoms with E-state index in [2.05, 4.69) is 21.6 Å². The van der Waals surface area contributed by atoms with Crippen LogP contribution in [0.15, 0.2) is 4.34 Å². The summed E-state index contributed by atoms with van der Waals surface area (Å²) in [7, 11) is 0. The predicted octanol–water partition coefficient (Wildman–Crippen LogP) is 2.86. The van der Waals surface area contributed by atoms with E-state index in [0.29, 0.717) is 0 Å². The van der Waals surface area contributed by atoms with Gasteiger partial charge in [-0.15, -0.1) is 0 Å². The highest BCUT2D eigenvalue weighted by atomic mass is 32.2. The molecule has 0 bridgehead atoms.